The fraction of sp³-hybridized carbons (Fsp3) is 0.222. The monoisotopic (exact) mass is 471 g/mol. The zero-order valence-corrected chi connectivity index (χ0v) is 19.2. The van der Waals surface area contributed by atoms with Crippen LogP contribution in [-0.4, -0.2) is 60.5 Å². The minimum Gasteiger partial charge on any atom is -0.486 e. The first kappa shape index (κ1) is 22.5. The number of amides is 4. The van der Waals surface area contributed by atoms with Crippen molar-refractivity contribution in [2.24, 2.45) is 0 Å². The molecule has 2 aliphatic heterocycles. The lowest BCUT2D eigenvalue weighted by atomic mass is 9.82. The number of carbonyl (C=O) groups excluding carboxylic acids is 3. The largest absolute Gasteiger partial charge is 0.486 e. The number of ether oxygens (including phenoxy) is 2. The zero-order chi connectivity index (χ0) is 24.4. The molecule has 0 spiro atoms. The van der Waals surface area contributed by atoms with E-state index < -0.39 is 17.5 Å². The quantitative estimate of drug-likeness (QED) is 0.559. The molecule has 1 atom stereocenters. The topological polar surface area (TPSA) is 88.2 Å². The molecule has 8 nitrogen and oxygen atoms in total. The van der Waals surface area contributed by atoms with Gasteiger partial charge in [0.15, 0.2) is 23.1 Å². The Morgan fingerprint density at radius 1 is 0.943 bits per heavy atom. The minimum atomic E-state index is -1.40. The Morgan fingerprint density at radius 3 is 2.14 bits per heavy atom. The van der Waals surface area contributed by atoms with Crippen LogP contribution in [0.3, 0.4) is 0 Å². The third kappa shape index (κ3) is 4.07. The van der Waals surface area contributed by atoms with E-state index in [1.165, 1.54) is 4.90 Å². The molecule has 1 fully saturated rings. The maximum Gasteiger partial charge on any atom is 0.326 e. The third-order valence-electron chi connectivity index (χ3n) is 6.28. The lowest BCUT2D eigenvalue weighted by molar-refractivity contribution is -0.138. The molecule has 2 aliphatic rings. The average molecular weight is 472 g/mol. The molecule has 2 heterocycles. The molecular weight excluding hydrogens is 446 g/mol. The van der Waals surface area contributed by atoms with E-state index in [1.54, 1.807) is 31.3 Å². The van der Waals surface area contributed by atoms with Crippen molar-refractivity contribution in [3.05, 3.63) is 96.1 Å². The predicted molar refractivity (Wildman–Crippen MR) is 128 cm³/mol. The average Bonchev–Trinajstić information content (AvgIpc) is 3.15. The summed E-state index contributed by atoms with van der Waals surface area (Å²) in [6.45, 7) is 0.162. The van der Waals surface area contributed by atoms with Crippen molar-refractivity contribution in [3.63, 3.8) is 0 Å². The van der Waals surface area contributed by atoms with Crippen molar-refractivity contribution in [1.82, 2.24) is 15.1 Å². The van der Waals surface area contributed by atoms with Crippen molar-refractivity contribution in [2.45, 2.75) is 11.6 Å². The number of nitrogens with zero attached hydrogens (tertiary/aromatic N) is 2. The molecule has 35 heavy (non-hydrogen) atoms. The molecule has 0 bridgehead atoms. The Bertz CT molecular complexity index is 1210. The Hall–Kier alpha value is -4.33. The van der Waals surface area contributed by atoms with Crippen molar-refractivity contribution >= 4 is 17.8 Å². The van der Waals surface area contributed by atoms with Crippen LogP contribution in [-0.2, 0) is 15.1 Å². The Balaban J connectivity index is 1.33. The van der Waals surface area contributed by atoms with Crippen molar-refractivity contribution in [2.75, 3.05) is 26.7 Å². The molecule has 3 aromatic rings. The number of urea groups is 1. The second kappa shape index (κ2) is 9.13. The van der Waals surface area contributed by atoms with E-state index in [0.717, 1.165) is 4.90 Å². The van der Waals surface area contributed by atoms with Crippen LogP contribution in [0.5, 0.6) is 11.5 Å². The highest BCUT2D eigenvalue weighted by molar-refractivity contribution is 6.11. The van der Waals surface area contributed by atoms with E-state index >= 15 is 0 Å². The fourth-order valence-electron chi connectivity index (χ4n) is 4.47. The van der Waals surface area contributed by atoms with E-state index in [9.17, 15) is 14.4 Å². The third-order valence-corrected chi connectivity index (χ3v) is 6.28. The van der Waals surface area contributed by atoms with Gasteiger partial charge < -0.3 is 19.7 Å². The number of carbonyl (C=O) groups is 3. The van der Waals surface area contributed by atoms with Gasteiger partial charge in [0, 0.05) is 7.05 Å². The first-order valence-electron chi connectivity index (χ1n) is 11.4. The number of benzene rings is 3. The molecule has 1 N–H and O–H groups in total. The maximum atomic E-state index is 13.8. The van der Waals surface area contributed by atoms with E-state index in [1.807, 2.05) is 60.7 Å². The van der Waals surface area contributed by atoms with Crippen LogP contribution >= 0.6 is 0 Å². The SMILES string of the molecule is CN(C[C@@H]1COc2ccccc2O1)C(=O)CN1C(=O)NC(c2ccccc2)(c2ccccc2)C1=O. The zero-order valence-electron chi connectivity index (χ0n) is 19.2. The van der Waals surface area contributed by atoms with Gasteiger partial charge in [-0.2, -0.15) is 0 Å². The Morgan fingerprint density at radius 2 is 1.51 bits per heavy atom. The number of para-hydroxylation sites is 2. The number of hydrogen-bond acceptors (Lipinski definition) is 5. The second-order valence-corrected chi connectivity index (χ2v) is 8.58. The molecular formula is C27H25N3O5. The molecule has 0 saturated carbocycles. The highest BCUT2D eigenvalue weighted by Crippen LogP contribution is 2.36. The van der Waals surface area contributed by atoms with E-state index in [-0.39, 0.29) is 25.1 Å². The van der Waals surface area contributed by atoms with Gasteiger partial charge in [0.1, 0.15) is 13.2 Å². The van der Waals surface area contributed by atoms with Crippen LogP contribution in [0.1, 0.15) is 11.1 Å². The summed E-state index contributed by atoms with van der Waals surface area (Å²) in [4.78, 5) is 42.2. The molecule has 5 rings (SSSR count). The molecule has 178 valence electrons. The normalized spacial score (nSPS) is 18.2. The van der Waals surface area contributed by atoms with Crippen LogP contribution in [0.25, 0.3) is 0 Å². The number of likely N-dealkylation sites (N-methyl/N-ethyl adjacent to an activating group) is 1. The maximum absolute atomic E-state index is 13.8. The van der Waals surface area contributed by atoms with Crippen molar-refractivity contribution < 1.29 is 23.9 Å². The van der Waals surface area contributed by atoms with Gasteiger partial charge in [0.2, 0.25) is 5.91 Å². The van der Waals surface area contributed by atoms with Crippen LogP contribution in [0, 0.1) is 0 Å². The highest BCUT2D eigenvalue weighted by atomic mass is 16.6. The van der Waals surface area contributed by atoms with E-state index in [2.05, 4.69) is 5.32 Å². The number of fused-ring (bicyclic) bond motifs is 1. The number of imide groups is 1. The van der Waals surface area contributed by atoms with Gasteiger partial charge in [0.05, 0.1) is 6.54 Å². The summed E-state index contributed by atoms with van der Waals surface area (Å²) in [5.74, 6) is 0.408. The molecule has 0 radical (unpaired) electrons. The van der Waals surface area contributed by atoms with Gasteiger partial charge in [-0.1, -0.05) is 72.8 Å². The van der Waals surface area contributed by atoms with Crippen molar-refractivity contribution in [3.8, 4) is 11.5 Å². The first-order valence-corrected chi connectivity index (χ1v) is 11.4. The van der Waals surface area contributed by atoms with Crippen LogP contribution in [0.2, 0.25) is 0 Å². The lowest BCUT2D eigenvalue weighted by Gasteiger charge is -2.30. The number of hydrogen-bond donors (Lipinski definition) is 1. The smallest absolute Gasteiger partial charge is 0.326 e. The summed E-state index contributed by atoms with van der Waals surface area (Å²) in [7, 11) is 1.62. The van der Waals surface area contributed by atoms with Gasteiger partial charge in [-0.15, -0.1) is 0 Å². The number of rotatable bonds is 6. The first-order chi connectivity index (χ1) is 17.0. The molecule has 0 aliphatic carbocycles. The van der Waals surface area contributed by atoms with Crippen LogP contribution < -0.4 is 14.8 Å². The Kier molecular flexibility index (Phi) is 5.86. The van der Waals surface area contributed by atoms with E-state index in [0.29, 0.717) is 29.2 Å². The van der Waals surface area contributed by atoms with Gasteiger partial charge in [0.25, 0.3) is 5.91 Å². The fourth-order valence-corrected chi connectivity index (χ4v) is 4.47. The highest BCUT2D eigenvalue weighted by Gasteiger charge is 2.54. The number of nitrogens with one attached hydrogen (secondary N) is 1. The van der Waals surface area contributed by atoms with Gasteiger partial charge in [-0.3, -0.25) is 14.5 Å². The summed E-state index contributed by atoms with van der Waals surface area (Å²) in [5, 5.41) is 2.86. The van der Waals surface area contributed by atoms with Crippen LogP contribution in [0.15, 0.2) is 84.9 Å². The molecule has 0 aromatic heterocycles. The van der Waals surface area contributed by atoms with Crippen molar-refractivity contribution in [1.29, 1.82) is 0 Å². The summed E-state index contributed by atoms with van der Waals surface area (Å²) in [6, 6.07) is 24.8. The summed E-state index contributed by atoms with van der Waals surface area (Å²) in [6.07, 6.45) is -0.366. The summed E-state index contributed by atoms with van der Waals surface area (Å²) >= 11 is 0. The van der Waals surface area contributed by atoms with Crippen LogP contribution in [0.4, 0.5) is 4.79 Å². The van der Waals surface area contributed by atoms with E-state index in [4.69, 9.17) is 9.47 Å². The summed E-state index contributed by atoms with van der Waals surface area (Å²) < 4.78 is 11.7. The molecule has 0 unspecified atom stereocenters. The lowest BCUT2D eigenvalue weighted by Crippen LogP contribution is -2.48. The summed E-state index contributed by atoms with van der Waals surface area (Å²) in [5.41, 5.74) is -0.152. The standard InChI is InChI=1S/C27H25N3O5/c1-29(16-21-18-34-22-14-8-9-15-23(22)35-21)24(31)17-30-25(32)27(28-26(30)33,19-10-4-2-5-11-19)20-12-6-3-7-13-20/h2-15,21H,16-18H2,1H3,(H,28,33)/t21-/m1/s1. The predicted octanol–water partition coefficient (Wildman–Crippen LogP) is 2.78. The van der Waals surface area contributed by atoms with Gasteiger partial charge in [-0.25, -0.2) is 4.79 Å². The van der Waals surface area contributed by atoms with Gasteiger partial charge >= 0.3 is 6.03 Å². The molecule has 3 aromatic carbocycles. The second-order valence-electron chi connectivity index (χ2n) is 8.58. The molecule has 4 amide bonds. The molecule has 8 heteroatoms. The Labute approximate surface area is 203 Å². The molecule has 1 saturated heterocycles. The minimum absolute atomic E-state index is 0.249. The van der Waals surface area contributed by atoms with Gasteiger partial charge in [-0.05, 0) is 23.3 Å².